The van der Waals surface area contributed by atoms with Gasteiger partial charge in [-0.05, 0) is 133 Å². The maximum atomic E-state index is 12.7. The van der Waals surface area contributed by atoms with Crippen LogP contribution >= 0.6 is 0 Å². The van der Waals surface area contributed by atoms with Gasteiger partial charge in [-0.1, -0.05) is 0 Å². The molecule has 0 saturated carbocycles. The normalized spacial score (nSPS) is 10.4. The molecule has 0 aliphatic rings. The zero-order chi connectivity index (χ0) is 50.0. The molecule has 0 saturated heterocycles. The van der Waals surface area contributed by atoms with Crippen LogP contribution in [0.4, 0.5) is 68.2 Å². The molecule has 0 unspecified atom stereocenters. The van der Waals surface area contributed by atoms with Crippen LogP contribution in [0.3, 0.4) is 0 Å². The van der Waals surface area contributed by atoms with E-state index in [0.717, 1.165) is 61.8 Å². The lowest BCUT2D eigenvalue weighted by Crippen LogP contribution is -3.00. The average Bonchev–Trinajstić information content (AvgIpc) is 3.39. The first kappa shape index (κ1) is 52.2. The van der Waals surface area contributed by atoms with Crippen molar-refractivity contribution >= 4 is 102 Å². The second kappa shape index (κ2) is 24.0. The van der Waals surface area contributed by atoms with Crippen LogP contribution in [0, 0.1) is 10.1 Å². The minimum atomic E-state index is -0.440. The number of nitrogen functional groups attached to an aromatic ring is 1. The summed E-state index contributed by atoms with van der Waals surface area (Å²) in [6.45, 7) is 0. The molecule has 16 nitrogen and oxygen atoms in total. The molecule has 10 rings (SSSR count). The van der Waals surface area contributed by atoms with Crippen molar-refractivity contribution in [2.75, 3.05) is 37.6 Å². The number of carbonyl (C=O) groups excluding carboxylic acids is 2. The van der Waals surface area contributed by atoms with E-state index in [0.29, 0.717) is 33.7 Å². The lowest BCUT2D eigenvalue weighted by atomic mass is 10.1. The fourth-order valence-electron chi connectivity index (χ4n) is 7.54. The Morgan fingerprint density at radius 2 is 0.811 bits per heavy atom. The lowest BCUT2D eigenvalue weighted by molar-refractivity contribution is -0.671. The molecule has 8 N–H and O–H groups in total. The third kappa shape index (κ3) is 13.4. The van der Waals surface area contributed by atoms with Gasteiger partial charge in [0.05, 0.1) is 27.3 Å². The van der Waals surface area contributed by atoms with Crippen LogP contribution in [0.1, 0.15) is 20.7 Å². The van der Waals surface area contributed by atoms with E-state index in [1.54, 1.807) is 60.9 Å². The van der Waals surface area contributed by atoms with Crippen molar-refractivity contribution in [1.82, 2.24) is 9.97 Å². The number of nitro groups is 1. The summed E-state index contributed by atoms with van der Waals surface area (Å²) in [6, 6.07) is 51.5. The van der Waals surface area contributed by atoms with Gasteiger partial charge in [0.25, 0.3) is 17.5 Å². The SMILES string of the molecule is C[n+]1ccc(Nc2ccc(C(=O)Nc3ccc(Nc4ccnc5cc(N)ccc45)cc3)cc2)cc1.C[n+]1ccc(Nc2ccc(C(=O)Nc3ccc(Nc4ccnc5cc([N+](=O)[O-])ccc45)cc3)cc2)cc1.[Cl-].[Cl-]. The summed E-state index contributed by atoms with van der Waals surface area (Å²) in [7, 11) is 3.93. The molecule has 370 valence electrons. The van der Waals surface area contributed by atoms with E-state index in [9.17, 15) is 19.7 Å². The van der Waals surface area contributed by atoms with Crippen LogP contribution in [0.2, 0.25) is 0 Å². The van der Waals surface area contributed by atoms with Crippen molar-refractivity contribution in [3.63, 3.8) is 0 Å². The second-order valence-corrected chi connectivity index (χ2v) is 16.7. The van der Waals surface area contributed by atoms with Gasteiger partial charge < -0.3 is 62.4 Å². The van der Waals surface area contributed by atoms with Crippen molar-refractivity contribution in [3.8, 4) is 0 Å². The molecule has 0 atom stereocenters. The number of non-ortho nitro benzene ring substituents is 1. The van der Waals surface area contributed by atoms with Gasteiger partial charge >= 0.3 is 0 Å². The summed E-state index contributed by atoms with van der Waals surface area (Å²) in [4.78, 5) is 44.6. The van der Waals surface area contributed by atoms with Gasteiger partial charge in [-0.2, -0.15) is 0 Å². The Balaban J connectivity index is 0.000000211. The van der Waals surface area contributed by atoms with E-state index >= 15 is 0 Å². The predicted octanol–water partition coefficient (Wildman–Crippen LogP) is 5.10. The highest BCUT2D eigenvalue weighted by Gasteiger charge is 2.12. The van der Waals surface area contributed by atoms with Crippen molar-refractivity contribution < 1.29 is 48.5 Å². The molecule has 4 heterocycles. The third-order valence-corrected chi connectivity index (χ3v) is 11.4. The number of pyridine rings is 4. The number of rotatable bonds is 13. The van der Waals surface area contributed by atoms with Crippen molar-refractivity contribution in [1.29, 1.82) is 0 Å². The Morgan fingerprint density at radius 1 is 0.459 bits per heavy atom. The van der Waals surface area contributed by atoms with Gasteiger partial charge in [0.15, 0.2) is 24.8 Å². The predicted molar refractivity (Wildman–Crippen MR) is 285 cm³/mol. The topological polar surface area (TPSA) is 209 Å². The zero-order valence-corrected chi connectivity index (χ0v) is 41.3. The number of hydrogen-bond acceptors (Lipinski definition) is 11. The van der Waals surface area contributed by atoms with E-state index in [1.165, 1.54) is 12.1 Å². The van der Waals surface area contributed by atoms with Crippen LogP contribution < -0.4 is 71.6 Å². The molecule has 10 aromatic rings. The van der Waals surface area contributed by atoms with Crippen molar-refractivity contribution in [3.05, 3.63) is 228 Å². The molecular formula is C56H48Cl2N12O4. The molecule has 0 spiro atoms. The van der Waals surface area contributed by atoms with Crippen molar-refractivity contribution in [2.45, 2.75) is 0 Å². The van der Waals surface area contributed by atoms with Gasteiger partial charge in [-0.25, -0.2) is 9.13 Å². The molecule has 0 fully saturated rings. The summed E-state index contributed by atoms with van der Waals surface area (Å²) < 4.78 is 3.93. The minimum absolute atomic E-state index is 0. The van der Waals surface area contributed by atoms with E-state index < -0.39 is 4.92 Å². The number of benzene rings is 6. The van der Waals surface area contributed by atoms with Crippen LogP contribution in [-0.2, 0) is 14.1 Å². The number of aryl methyl sites for hydroxylation is 2. The molecule has 4 aromatic heterocycles. The fraction of sp³-hybridized carbons (Fsp3) is 0.0357. The van der Waals surface area contributed by atoms with Gasteiger partial charge in [-0.15, -0.1) is 0 Å². The molecule has 0 radical (unpaired) electrons. The molecule has 0 bridgehead atoms. The Labute approximate surface area is 438 Å². The Kier molecular flexibility index (Phi) is 16.9. The number of fused-ring (bicyclic) bond motifs is 2. The quantitative estimate of drug-likeness (QED) is 0.0350. The zero-order valence-electron chi connectivity index (χ0n) is 39.8. The van der Waals surface area contributed by atoms with Crippen molar-refractivity contribution in [2.24, 2.45) is 14.1 Å². The minimum Gasteiger partial charge on any atom is -1.00 e. The number of nitrogens with zero attached hydrogens (tertiary/aromatic N) is 5. The smallest absolute Gasteiger partial charge is 0.271 e. The Morgan fingerprint density at radius 3 is 1.23 bits per heavy atom. The first-order valence-electron chi connectivity index (χ1n) is 22.7. The monoisotopic (exact) mass is 1020 g/mol. The number of anilines is 11. The molecule has 2 amide bonds. The summed E-state index contributed by atoms with van der Waals surface area (Å²) in [5.41, 5.74) is 17.6. The van der Waals surface area contributed by atoms with Gasteiger partial charge in [-0.3, -0.25) is 29.7 Å². The second-order valence-electron chi connectivity index (χ2n) is 16.7. The summed E-state index contributed by atoms with van der Waals surface area (Å²) in [5, 5.41) is 32.0. The maximum absolute atomic E-state index is 12.7. The standard InChI is InChI=1S/C28H22N6O3.C28H24N6O.2ClH/c1-33-16-13-23(14-17-33)30-20-4-2-19(3-5-20)28(35)32-22-8-6-21(7-9-22)31-26-12-15-29-27-18-24(34(36)37)10-11-25(26)27;1-34-16-13-24(14-17-34)31-21-5-2-19(3-6-21)28(35)33-23-9-7-22(8-10-23)32-26-12-15-30-27-18-20(29)4-11-25(26)27;;/h2-18H,1H3,(H2,29,31,32,35);2-18H,1H3,(H4,29,30,32,33,35);2*1H. The number of halogens is 2. The number of amides is 2. The summed E-state index contributed by atoms with van der Waals surface area (Å²) >= 11 is 0. The van der Waals surface area contributed by atoms with Gasteiger partial charge in [0, 0.05) is 122 Å². The number of nitro benzene ring substituents is 1. The van der Waals surface area contributed by atoms with E-state index in [1.807, 2.05) is 157 Å². The molecule has 74 heavy (non-hydrogen) atoms. The first-order valence-corrected chi connectivity index (χ1v) is 22.7. The third-order valence-electron chi connectivity index (χ3n) is 11.4. The van der Waals surface area contributed by atoms with Crippen LogP contribution in [0.25, 0.3) is 21.8 Å². The van der Waals surface area contributed by atoms with E-state index in [-0.39, 0.29) is 42.3 Å². The molecule has 0 aliphatic heterocycles. The van der Waals surface area contributed by atoms with E-state index in [2.05, 4.69) is 41.9 Å². The average molecular weight is 1020 g/mol. The maximum Gasteiger partial charge on any atom is 0.271 e. The largest absolute Gasteiger partial charge is 1.00 e. The van der Waals surface area contributed by atoms with Crippen LogP contribution in [-0.4, -0.2) is 26.7 Å². The lowest BCUT2D eigenvalue weighted by Gasteiger charge is -2.11. The van der Waals surface area contributed by atoms with E-state index in [4.69, 9.17) is 5.73 Å². The highest BCUT2D eigenvalue weighted by molar-refractivity contribution is 6.05. The number of nitrogens with two attached hydrogens (primary N) is 1. The number of carbonyl (C=O) groups is 2. The number of hydrogen-bond donors (Lipinski definition) is 7. The fourth-order valence-corrected chi connectivity index (χ4v) is 7.54. The Bertz CT molecular complexity index is 3550. The molecule has 0 aliphatic carbocycles. The number of aromatic nitrogens is 4. The van der Waals surface area contributed by atoms with Gasteiger partial charge in [0.2, 0.25) is 0 Å². The number of nitrogens with one attached hydrogen (secondary N) is 6. The van der Waals surface area contributed by atoms with Crippen LogP contribution in [0.15, 0.2) is 207 Å². The van der Waals surface area contributed by atoms with Crippen LogP contribution in [0.5, 0.6) is 0 Å². The summed E-state index contributed by atoms with van der Waals surface area (Å²) in [6.07, 6.45) is 11.2. The first-order chi connectivity index (χ1) is 35.0. The summed E-state index contributed by atoms with van der Waals surface area (Å²) in [5.74, 6) is -0.373. The highest BCUT2D eigenvalue weighted by atomic mass is 35.5. The van der Waals surface area contributed by atoms with Gasteiger partial charge in [0.1, 0.15) is 14.1 Å². The molecule has 6 aromatic carbocycles. The molecular weight excluding hydrogens is 976 g/mol. The highest BCUT2D eigenvalue weighted by Crippen LogP contribution is 2.30. The molecule has 18 heteroatoms. The Hall–Kier alpha value is -9.64.